The summed E-state index contributed by atoms with van der Waals surface area (Å²) in [4.78, 5) is 10.3. The van der Waals surface area contributed by atoms with Gasteiger partial charge in [0.15, 0.2) is 0 Å². The largest absolute Gasteiger partial charge is 2.00 e. The van der Waals surface area contributed by atoms with E-state index >= 15 is 0 Å². The molecule has 3 heterocycles. The predicted molar refractivity (Wildman–Crippen MR) is 194 cm³/mol. The molecule has 0 unspecified atom stereocenters. The first-order valence-corrected chi connectivity index (χ1v) is 18.2. The van der Waals surface area contributed by atoms with Crippen LogP contribution in [-0.4, -0.2) is 23.1 Å². The monoisotopic (exact) mass is 820 g/mol. The summed E-state index contributed by atoms with van der Waals surface area (Å²) in [6.45, 7) is 0. The fourth-order valence-corrected chi connectivity index (χ4v) is 10.8. The standard InChI is InChI=1S/C29H25N4Si.C12H10N.Pt/c1-3-12-22(13-4-1)34(23-14-5-2-6-15-23,27-19-9-10-21-30-27)28-20-11-18-26(31-28)29-24-16-7-8-17-25(24)32-33-29;1-3-7-11(8-4-1)13-12-9-5-2-6-10-12;/h1-6,9-15,18-21H,7-8,16-17H2;1-10H;/q2*-1;+2. The van der Waals surface area contributed by atoms with Gasteiger partial charge in [0.1, 0.15) is 0 Å². The van der Waals surface area contributed by atoms with Gasteiger partial charge in [-0.25, -0.2) is 0 Å². The Hall–Kier alpha value is -4.90. The van der Waals surface area contributed by atoms with E-state index < -0.39 is 8.07 Å². The Morgan fingerprint density at radius 1 is 0.542 bits per heavy atom. The van der Waals surface area contributed by atoms with Crippen LogP contribution in [0.15, 0.2) is 164 Å². The molecule has 48 heavy (non-hydrogen) atoms. The third kappa shape index (κ3) is 7.01. The first kappa shape index (κ1) is 33.0. The number of fused-ring (bicyclic) bond motifs is 1. The molecule has 1 aliphatic rings. The smallest absolute Gasteiger partial charge is 0.658 e. The average molecular weight is 821 g/mol. The SMILES string of the molecule is [Pt+2].c1ccc([N-]c2ccccc2)cc1.c1ccc([Si](c2ccccc2)(c2ccccn2)c2cccc(-c3[n-]nc4c3CCCC4)n2)cc1. The van der Waals surface area contributed by atoms with Gasteiger partial charge in [-0.05, 0) is 65.9 Å². The van der Waals surface area contributed by atoms with Crippen LogP contribution in [-0.2, 0) is 33.9 Å². The molecule has 5 nitrogen and oxygen atoms in total. The van der Waals surface area contributed by atoms with Crippen LogP contribution in [0, 0.1) is 0 Å². The van der Waals surface area contributed by atoms with E-state index in [0.29, 0.717) is 0 Å². The summed E-state index contributed by atoms with van der Waals surface area (Å²) in [5.74, 6) is 0. The molecule has 4 aromatic carbocycles. The number of rotatable bonds is 7. The zero-order valence-electron chi connectivity index (χ0n) is 26.5. The number of hydrogen-bond donors (Lipinski definition) is 0. The number of pyridine rings is 2. The van der Waals surface area contributed by atoms with Gasteiger partial charge >= 0.3 is 21.1 Å². The Morgan fingerprint density at radius 3 is 1.67 bits per heavy atom. The molecular weight excluding hydrogens is 786 g/mol. The van der Waals surface area contributed by atoms with Crippen LogP contribution in [0.1, 0.15) is 24.1 Å². The van der Waals surface area contributed by atoms with E-state index in [-0.39, 0.29) is 21.1 Å². The Labute approximate surface area is 297 Å². The van der Waals surface area contributed by atoms with Gasteiger partial charge in [0.05, 0.1) is 0 Å². The van der Waals surface area contributed by atoms with E-state index in [0.717, 1.165) is 51.9 Å². The summed E-state index contributed by atoms with van der Waals surface area (Å²) >= 11 is 0. The fraction of sp³-hybridized carbons (Fsp3) is 0.0976. The van der Waals surface area contributed by atoms with Gasteiger partial charge in [0, 0.05) is 28.2 Å². The molecule has 8 rings (SSSR count). The van der Waals surface area contributed by atoms with Crippen LogP contribution in [0.2, 0.25) is 0 Å². The van der Waals surface area contributed by atoms with Gasteiger partial charge in [0.25, 0.3) is 0 Å². The molecule has 7 aromatic rings. The summed E-state index contributed by atoms with van der Waals surface area (Å²) in [7, 11) is -2.75. The minimum atomic E-state index is -2.75. The van der Waals surface area contributed by atoms with Gasteiger partial charge < -0.3 is 15.5 Å². The van der Waals surface area contributed by atoms with Crippen LogP contribution < -0.4 is 26.1 Å². The van der Waals surface area contributed by atoms with E-state index in [2.05, 4.69) is 107 Å². The van der Waals surface area contributed by atoms with Gasteiger partial charge in [-0.15, -0.1) is 11.4 Å². The second-order valence-corrected chi connectivity index (χ2v) is 15.2. The molecule has 0 fully saturated rings. The maximum atomic E-state index is 5.34. The zero-order chi connectivity index (χ0) is 31.7. The quantitative estimate of drug-likeness (QED) is 0.167. The number of aryl methyl sites for hydroxylation is 1. The van der Waals surface area contributed by atoms with Crippen LogP contribution in [0.3, 0.4) is 0 Å². The Balaban J connectivity index is 0.000000241. The van der Waals surface area contributed by atoms with E-state index in [9.17, 15) is 0 Å². The predicted octanol–water partition coefficient (Wildman–Crippen LogP) is 6.77. The summed E-state index contributed by atoms with van der Waals surface area (Å²) < 4.78 is 0. The molecule has 0 atom stereocenters. The summed E-state index contributed by atoms with van der Waals surface area (Å²) in [5.41, 5.74) is 6.27. The van der Waals surface area contributed by atoms with Gasteiger partial charge in [0.2, 0.25) is 8.07 Å². The van der Waals surface area contributed by atoms with Crippen molar-refractivity contribution in [3.63, 3.8) is 0 Å². The molecule has 7 heteroatoms. The van der Waals surface area contributed by atoms with Gasteiger partial charge in [-0.2, -0.15) is 0 Å². The van der Waals surface area contributed by atoms with Crippen molar-refractivity contribution in [1.82, 2.24) is 20.2 Å². The third-order valence-electron chi connectivity index (χ3n) is 8.60. The van der Waals surface area contributed by atoms with Gasteiger partial charge in [-0.1, -0.05) is 139 Å². The molecule has 0 spiro atoms. The van der Waals surface area contributed by atoms with Gasteiger partial charge in [-0.3, -0.25) is 9.97 Å². The minimum absolute atomic E-state index is 0. The Kier molecular flexibility index (Phi) is 10.9. The van der Waals surface area contributed by atoms with E-state index in [1.807, 2.05) is 72.9 Å². The van der Waals surface area contributed by atoms with Crippen molar-refractivity contribution < 1.29 is 21.1 Å². The number of hydrogen-bond acceptors (Lipinski definition) is 3. The van der Waals surface area contributed by atoms with Crippen molar-refractivity contribution in [3.8, 4) is 11.4 Å². The molecule has 0 amide bonds. The summed E-state index contributed by atoms with van der Waals surface area (Å²) in [6, 6.07) is 54.0. The van der Waals surface area contributed by atoms with Crippen LogP contribution >= 0.6 is 0 Å². The molecule has 0 bridgehead atoms. The second-order valence-electron chi connectivity index (χ2n) is 11.6. The van der Waals surface area contributed by atoms with Crippen molar-refractivity contribution in [3.05, 3.63) is 180 Å². The van der Waals surface area contributed by atoms with Crippen molar-refractivity contribution in [2.75, 3.05) is 0 Å². The van der Waals surface area contributed by atoms with E-state index in [1.165, 1.54) is 28.8 Å². The van der Waals surface area contributed by atoms with Crippen LogP contribution in [0.4, 0.5) is 11.4 Å². The molecule has 0 saturated heterocycles. The normalized spacial score (nSPS) is 12.1. The van der Waals surface area contributed by atoms with Crippen LogP contribution in [0.5, 0.6) is 0 Å². The molecule has 0 radical (unpaired) electrons. The Bertz CT molecular complexity index is 1870. The number of benzene rings is 4. The molecular formula is C41H35N5PtSi. The van der Waals surface area contributed by atoms with E-state index in [1.54, 1.807) is 0 Å². The average Bonchev–Trinajstić information content (AvgIpc) is 3.59. The van der Waals surface area contributed by atoms with Crippen molar-refractivity contribution in [2.24, 2.45) is 0 Å². The molecule has 3 aromatic heterocycles. The maximum Gasteiger partial charge on any atom is 2.00 e. The second kappa shape index (κ2) is 15.8. The topological polar surface area (TPSA) is 66.9 Å². The first-order valence-electron chi connectivity index (χ1n) is 16.2. The summed E-state index contributed by atoms with van der Waals surface area (Å²) in [5, 5.41) is 18.2. The number of para-hydroxylation sites is 2. The summed E-state index contributed by atoms with van der Waals surface area (Å²) in [6.07, 6.45) is 6.32. The molecule has 238 valence electrons. The fourth-order valence-electron chi connectivity index (χ4n) is 6.41. The molecule has 0 N–H and O–H groups in total. The van der Waals surface area contributed by atoms with Crippen molar-refractivity contribution >= 4 is 40.5 Å². The van der Waals surface area contributed by atoms with Crippen LogP contribution in [0.25, 0.3) is 16.7 Å². The zero-order valence-corrected chi connectivity index (χ0v) is 29.7. The molecule has 0 saturated carbocycles. The van der Waals surface area contributed by atoms with Crippen molar-refractivity contribution in [1.29, 1.82) is 0 Å². The van der Waals surface area contributed by atoms with E-state index in [4.69, 9.17) is 9.97 Å². The van der Waals surface area contributed by atoms with Crippen molar-refractivity contribution in [2.45, 2.75) is 25.7 Å². The third-order valence-corrected chi connectivity index (χ3v) is 13.1. The molecule has 0 aliphatic heterocycles. The maximum absolute atomic E-state index is 5.34. The minimum Gasteiger partial charge on any atom is -0.658 e. The molecule has 1 aliphatic carbocycles. The Morgan fingerprint density at radius 2 is 1.08 bits per heavy atom. The number of aromatic nitrogens is 4. The number of nitrogens with zero attached hydrogens (tertiary/aromatic N) is 5. The first-order chi connectivity index (χ1) is 23.3.